The molecule has 0 bridgehead atoms. The highest BCUT2D eigenvalue weighted by Crippen LogP contribution is 2.19. The van der Waals surface area contributed by atoms with Gasteiger partial charge in [-0.15, -0.1) is 0 Å². The van der Waals surface area contributed by atoms with E-state index in [2.05, 4.69) is 20.9 Å². The monoisotopic (exact) mass is 531 g/mol. The van der Waals surface area contributed by atoms with Gasteiger partial charge in [0.05, 0.1) is 12.1 Å². The van der Waals surface area contributed by atoms with Crippen molar-refractivity contribution < 1.29 is 29.4 Å². The zero-order valence-electron chi connectivity index (χ0n) is 22.7. The van der Waals surface area contributed by atoms with Crippen molar-refractivity contribution in [1.29, 1.82) is 0 Å². The first-order valence-corrected chi connectivity index (χ1v) is 12.9. The number of carboxylic acid groups (broad SMARTS) is 1. The van der Waals surface area contributed by atoms with E-state index in [0.717, 1.165) is 16.5 Å². The number of fused-ring (bicyclic) bond motifs is 1. The maximum atomic E-state index is 13.1. The van der Waals surface area contributed by atoms with Crippen LogP contribution in [-0.2, 0) is 25.6 Å². The third-order valence-electron chi connectivity index (χ3n) is 6.18. The number of benzene rings is 1. The number of nitrogens with one attached hydrogen (secondary N) is 4. The number of aromatic amines is 1. The number of nitrogens with two attached hydrogens (primary N) is 1. The summed E-state index contributed by atoms with van der Waals surface area (Å²) in [7, 11) is 0. The molecule has 38 heavy (non-hydrogen) atoms. The Morgan fingerprint density at radius 1 is 0.868 bits per heavy atom. The summed E-state index contributed by atoms with van der Waals surface area (Å²) in [5, 5.41) is 28.2. The predicted molar refractivity (Wildman–Crippen MR) is 144 cm³/mol. The Morgan fingerprint density at radius 3 is 2.03 bits per heavy atom. The number of amides is 3. The Morgan fingerprint density at radius 2 is 1.45 bits per heavy atom. The Bertz CT molecular complexity index is 1110. The van der Waals surface area contributed by atoms with Crippen molar-refractivity contribution >= 4 is 34.6 Å². The molecule has 5 unspecified atom stereocenters. The molecule has 8 N–H and O–H groups in total. The van der Waals surface area contributed by atoms with Crippen LogP contribution >= 0.6 is 0 Å². The van der Waals surface area contributed by atoms with Crippen LogP contribution in [0.25, 0.3) is 10.9 Å². The van der Waals surface area contributed by atoms with Crippen molar-refractivity contribution in [2.24, 2.45) is 17.6 Å². The number of carbonyl (C=O) groups excluding carboxylic acids is 3. The number of hydrogen-bond acceptors (Lipinski definition) is 6. The number of hydrogen-bond donors (Lipinski definition) is 7. The van der Waals surface area contributed by atoms with Crippen molar-refractivity contribution in [1.82, 2.24) is 20.9 Å². The van der Waals surface area contributed by atoms with Crippen LogP contribution in [0.3, 0.4) is 0 Å². The first-order valence-electron chi connectivity index (χ1n) is 12.9. The minimum absolute atomic E-state index is 0.0105. The van der Waals surface area contributed by atoms with Gasteiger partial charge in [-0.2, -0.15) is 0 Å². The molecule has 1 heterocycles. The summed E-state index contributed by atoms with van der Waals surface area (Å²) in [5.74, 6) is -3.21. The summed E-state index contributed by atoms with van der Waals surface area (Å²) in [5.41, 5.74) is 7.87. The van der Waals surface area contributed by atoms with Crippen LogP contribution in [0.2, 0.25) is 0 Å². The lowest BCUT2D eigenvalue weighted by atomic mass is 10.00. The quantitative estimate of drug-likeness (QED) is 0.190. The molecule has 0 saturated carbocycles. The molecule has 0 aliphatic rings. The molecule has 0 saturated heterocycles. The Kier molecular flexibility index (Phi) is 11.3. The molecule has 5 atom stereocenters. The summed E-state index contributed by atoms with van der Waals surface area (Å²) in [6, 6.07) is 3.05. The SMILES string of the molecule is CC(C)CC(NC(=O)C(CC(C)C)NC(=O)C(NC(=O)C(N)Cc1c[nH]c2ccccc12)C(C)O)C(=O)O. The summed E-state index contributed by atoms with van der Waals surface area (Å²) in [6.45, 7) is 8.74. The van der Waals surface area contributed by atoms with E-state index in [1.807, 2.05) is 52.0 Å². The molecule has 11 nitrogen and oxygen atoms in total. The van der Waals surface area contributed by atoms with E-state index >= 15 is 0 Å². The summed E-state index contributed by atoms with van der Waals surface area (Å²) < 4.78 is 0. The average molecular weight is 532 g/mol. The zero-order chi connectivity index (χ0) is 28.6. The van der Waals surface area contributed by atoms with Crippen LogP contribution in [0.1, 0.15) is 53.0 Å². The molecule has 3 amide bonds. The van der Waals surface area contributed by atoms with Gasteiger partial charge in [-0.25, -0.2) is 4.79 Å². The molecule has 1 aromatic carbocycles. The number of rotatable bonds is 14. The lowest BCUT2D eigenvalue weighted by Crippen LogP contribution is -2.60. The van der Waals surface area contributed by atoms with Crippen LogP contribution in [0.4, 0.5) is 0 Å². The second-order valence-corrected chi connectivity index (χ2v) is 10.6. The predicted octanol–water partition coefficient (Wildman–Crippen LogP) is 1.05. The normalized spacial score (nSPS) is 15.5. The van der Waals surface area contributed by atoms with Crippen molar-refractivity contribution in [2.45, 2.75) is 84.2 Å². The highest BCUT2D eigenvalue weighted by atomic mass is 16.4. The van der Waals surface area contributed by atoms with Crippen LogP contribution in [-0.4, -0.2) is 69.2 Å². The molecule has 1 aromatic heterocycles. The number of H-pyrrole nitrogens is 1. The fourth-order valence-corrected chi connectivity index (χ4v) is 4.23. The first-order chi connectivity index (χ1) is 17.8. The minimum atomic E-state index is -1.37. The van der Waals surface area contributed by atoms with Crippen LogP contribution in [0.5, 0.6) is 0 Å². The molecular formula is C27H41N5O6. The Labute approximate surface area is 222 Å². The molecule has 11 heteroatoms. The van der Waals surface area contributed by atoms with E-state index < -0.39 is 54.0 Å². The summed E-state index contributed by atoms with van der Waals surface area (Å²) in [4.78, 5) is 53.7. The van der Waals surface area contributed by atoms with Gasteiger partial charge in [-0.1, -0.05) is 45.9 Å². The highest BCUT2D eigenvalue weighted by molar-refractivity contribution is 5.94. The molecule has 0 fully saturated rings. The smallest absolute Gasteiger partial charge is 0.326 e. The van der Waals surface area contributed by atoms with Gasteiger partial charge in [0.1, 0.15) is 18.1 Å². The van der Waals surface area contributed by atoms with Crippen molar-refractivity contribution in [3.05, 3.63) is 36.0 Å². The van der Waals surface area contributed by atoms with Gasteiger partial charge in [0, 0.05) is 17.1 Å². The van der Waals surface area contributed by atoms with E-state index in [1.165, 1.54) is 6.92 Å². The number of aliphatic hydroxyl groups excluding tert-OH is 1. The lowest BCUT2D eigenvalue weighted by molar-refractivity contribution is -0.143. The van der Waals surface area contributed by atoms with E-state index in [4.69, 9.17) is 5.73 Å². The third-order valence-corrected chi connectivity index (χ3v) is 6.18. The lowest BCUT2D eigenvalue weighted by Gasteiger charge is -2.27. The Hall–Kier alpha value is -3.44. The molecule has 0 aliphatic carbocycles. The zero-order valence-corrected chi connectivity index (χ0v) is 22.7. The average Bonchev–Trinajstić information content (AvgIpc) is 3.23. The first kappa shape index (κ1) is 30.8. The molecule has 210 valence electrons. The van der Waals surface area contributed by atoms with Gasteiger partial charge in [0.25, 0.3) is 0 Å². The largest absolute Gasteiger partial charge is 0.480 e. The van der Waals surface area contributed by atoms with E-state index in [0.29, 0.717) is 0 Å². The van der Waals surface area contributed by atoms with Gasteiger partial charge >= 0.3 is 5.97 Å². The summed E-state index contributed by atoms with van der Waals surface area (Å²) >= 11 is 0. The third kappa shape index (κ3) is 8.84. The van der Waals surface area contributed by atoms with Gasteiger partial charge in [-0.05, 0) is 49.7 Å². The highest BCUT2D eigenvalue weighted by Gasteiger charge is 2.33. The summed E-state index contributed by atoms with van der Waals surface area (Å²) in [6.07, 6.45) is 1.15. The fraction of sp³-hybridized carbons (Fsp3) is 0.556. The number of carbonyl (C=O) groups is 4. The van der Waals surface area contributed by atoms with Gasteiger partial charge in [0.2, 0.25) is 17.7 Å². The second kappa shape index (κ2) is 13.9. The molecular weight excluding hydrogens is 490 g/mol. The molecule has 0 radical (unpaired) electrons. The van der Waals surface area contributed by atoms with Crippen molar-refractivity contribution in [3.63, 3.8) is 0 Å². The number of aliphatic carboxylic acids is 1. The van der Waals surface area contributed by atoms with E-state index in [9.17, 15) is 29.4 Å². The van der Waals surface area contributed by atoms with Crippen molar-refractivity contribution in [3.8, 4) is 0 Å². The molecule has 0 aliphatic heterocycles. The van der Waals surface area contributed by atoms with E-state index in [-0.39, 0.29) is 31.1 Å². The van der Waals surface area contributed by atoms with Crippen LogP contribution in [0, 0.1) is 11.8 Å². The number of para-hydroxylation sites is 1. The van der Waals surface area contributed by atoms with Crippen LogP contribution < -0.4 is 21.7 Å². The second-order valence-electron chi connectivity index (χ2n) is 10.6. The number of aromatic nitrogens is 1. The maximum Gasteiger partial charge on any atom is 0.326 e. The maximum absolute atomic E-state index is 13.1. The fourth-order valence-electron chi connectivity index (χ4n) is 4.23. The standard InChI is InChI=1S/C27H41N5O6/c1-14(2)10-21(25(35)31-22(27(37)38)11-15(3)4)30-26(36)23(16(5)33)32-24(34)19(28)12-17-13-29-20-9-7-6-8-18(17)20/h6-9,13-16,19,21-23,29,33H,10-12,28H2,1-5H3,(H,30,36)(H,31,35)(H,32,34)(H,37,38). The number of aliphatic hydroxyl groups is 1. The van der Waals surface area contributed by atoms with Crippen LogP contribution in [0.15, 0.2) is 30.5 Å². The van der Waals surface area contributed by atoms with Gasteiger partial charge < -0.3 is 36.9 Å². The molecule has 2 rings (SSSR count). The molecule has 2 aromatic rings. The van der Waals surface area contributed by atoms with Gasteiger partial charge in [-0.3, -0.25) is 14.4 Å². The number of carboxylic acids is 1. The Balaban J connectivity index is 2.10. The van der Waals surface area contributed by atoms with Gasteiger partial charge in [0.15, 0.2) is 0 Å². The van der Waals surface area contributed by atoms with Crippen molar-refractivity contribution in [2.75, 3.05) is 0 Å². The topological polar surface area (TPSA) is 187 Å². The minimum Gasteiger partial charge on any atom is -0.480 e. The van der Waals surface area contributed by atoms with E-state index in [1.54, 1.807) is 6.20 Å². The molecule has 0 spiro atoms.